The maximum atomic E-state index is 11.3. The van der Waals surface area contributed by atoms with Crippen molar-refractivity contribution >= 4 is 22.7 Å². The van der Waals surface area contributed by atoms with E-state index < -0.39 is 0 Å². The van der Waals surface area contributed by atoms with Gasteiger partial charge < -0.3 is 10.5 Å². The van der Waals surface area contributed by atoms with Crippen molar-refractivity contribution in [2.45, 2.75) is 13.5 Å². The number of ether oxygens (including phenoxy) is 1. The number of rotatable bonds is 5. The molecule has 106 valence electrons. The number of esters is 1. The third-order valence-corrected chi connectivity index (χ3v) is 3.07. The molecule has 6 nitrogen and oxygen atoms in total. The third-order valence-electron chi connectivity index (χ3n) is 3.07. The number of nitrogens with zero attached hydrogens (tertiary/aromatic N) is 3. The molecule has 2 aromatic rings. The molecule has 6 heteroatoms. The van der Waals surface area contributed by atoms with E-state index in [-0.39, 0.29) is 12.5 Å². The lowest BCUT2D eigenvalue weighted by Gasteiger charge is -2.18. The molecule has 0 atom stereocenters. The Balaban J connectivity index is 2.22. The highest BCUT2D eigenvalue weighted by atomic mass is 16.5. The standard InChI is InChI=1S/C14H18N4O2/c1-3-18(9-13(19)20-2)8-12-16-11-7-5-4-6-10(11)14(15)17-12/h4-7H,3,8-9H2,1-2H3,(H2,15,16,17). The van der Waals surface area contributed by atoms with Crippen molar-refractivity contribution in [3.8, 4) is 0 Å². The van der Waals surface area contributed by atoms with Gasteiger partial charge in [0.2, 0.25) is 0 Å². The zero-order valence-electron chi connectivity index (χ0n) is 11.7. The van der Waals surface area contributed by atoms with Crippen LogP contribution in [0.3, 0.4) is 0 Å². The average molecular weight is 274 g/mol. The predicted molar refractivity (Wildman–Crippen MR) is 76.9 cm³/mol. The summed E-state index contributed by atoms with van der Waals surface area (Å²) < 4.78 is 4.67. The molecule has 20 heavy (non-hydrogen) atoms. The maximum Gasteiger partial charge on any atom is 0.319 e. The Morgan fingerprint density at radius 3 is 2.80 bits per heavy atom. The summed E-state index contributed by atoms with van der Waals surface area (Å²) in [4.78, 5) is 22.0. The lowest BCUT2D eigenvalue weighted by molar-refractivity contribution is -0.142. The molecule has 1 aromatic carbocycles. The molecule has 0 spiro atoms. The van der Waals surface area contributed by atoms with E-state index in [2.05, 4.69) is 14.7 Å². The quantitative estimate of drug-likeness (QED) is 0.825. The minimum absolute atomic E-state index is 0.211. The first-order valence-corrected chi connectivity index (χ1v) is 6.44. The molecule has 0 bridgehead atoms. The summed E-state index contributed by atoms with van der Waals surface area (Å²) in [5.74, 6) is 0.785. The SMILES string of the molecule is CCN(CC(=O)OC)Cc1nc(N)c2ccccc2n1. The van der Waals surface area contributed by atoms with Crippen LogP contribution in [-0.4, -0.2) is 41.0 Å². The van der Waals surface area contributed by atoms with Crippen LogP contribution in [-0.2, 0) is 16.1 Å². The van der Waals surface area contributed by atoms with E-state index in [9.17, 15) is 4.79 Å². The van der Waals surface area contributed by atoms with Crippen LogP contribution in [0.4, 0.5) is 5.82 Å². The fraction of sp³-hybridized carbons (Fsp3) is 0.357. The first-order chi connectivity index (χ1) is 9.63. The smallest absolute Gasteiger partial charge is 0.319 e. The number of likely N-dealkylation sites (N-methyl/N-ethyl adjacent to an activating group) is 1. The third kappa shape index (κ3) is 3.21. The maximum absolute atomic E-state index is 11.3. The predicted octanol–water partition coefficient (Wildman–Crippen LogP) is 1.21. The molecule has 0 saturated carbocycles. The zero-order valence-corrected chi connectivity index (χ0v) is 11.7. The first-order valence-electron chi connectivity index (χ1n) is 6.44. The van der Waals surface area contributed by atoms with Crippen molar-refractivity contribution in [3.63, 3.8) is 0 Å². The minimum atomic E-state index is -0.277. The van der Waals surface area contributed by atoms with Crippen molar-refractivity contribution in [1.82, 2.24) is 14.9 Å². The van der Waals surface area contributed by atoms with Gasteiger partial charge in [0.05, 0.1) is 25.7 Å². The van der Waals surface area contributed by atoms with Crippen molar-refractivity contribution in [1.29, 1.82) is 0 Å². The summed E-state index contributed by atoms with van der Waals surface area (Å²) in [5, 5.41) is 0.840. The summed E-state index contributed by atoms with van der Waals surface area (Å²) in [6.07, 6.45) is 0. The van der Waals surface area contributed by atoms with Crippen LogP contribution in [0.25, 0.3) is 10.9 Å². The van der Waals surface area contributed by atoms with Gasteiger partial charge in [0.1, 0.15) is 11.6 Å². The second-order valence-corrected chi connectivity index (χ2v) is 4.42. The number of para-hydroxylation sites is 1. The van der Waals surface area contributed by atoms with Crippen molar-refractivity contribution in [2.24, 2.45) is 0 Å². The van der Waals surface area contributed by atoms with Crippen LogP contribution in [0.5, 0.6) is 0 Å². The molecule has 0 aliphatic heterocycles. The van der Waals surface area contributed by atoms with Gasteiger partial charge in [0.25, 0.3) is 0 Å². The lowest BCUT2D eigenvalue weighted by Crippen LogP contribution is -2.30. The normalized spacial score (nSPS) is 10.9. The van der Waals surface area contributed by atoms with Crippen molar-refractivity contribution in [3.05, 3.63) is 30.1 Å². The van der Waals surface area contributed by atoms with E-state index in [1.807, 2.05) is 36.1 Å². The first kappa shape index (κ1) is 14.2. The van der Waals surface area contributed by atoms with E-state index in [0.717, 1.165) is 10.9 Å². The number of fused-ring (bicyclic) bond motifs is 1. The number of nitrogen functional groups attached to an aromatic ring is 1. The Bertz CT molecular complexity index is 615. The van der Waals surface area contributed by atoms with Crippen molar-refractivity contribution < 1.29 is 9.53 Å². The van der Waals surface area contributed by atoms with Crippen LogP contribution in [0.1, 0.15) is 12.7 Å². The summed E-state index contributed by atoms with van der Waals surface area (Å²) in [5.41, 5.74) is 6.75. The van der Waals surface area contributed by atoms with Gasteiger partial charge in [-0.25, -0.2) is 9.97 Å². The second-order valence-electron chi connectivity index (χ2n) is 4.42. The summed E-state index contributed by atoms with van der Waals surface area (Å²) in [6.45, 7) is 3.34. The van der Waals surface area contributed by atoms with E-state index >= 15 is 0 Å². The van der Waals surface area contributed by atoms with Gasteiger partial charge in [-0.05, 0) is 18.7 Å². The number of benzene rings is 1. The number of carbonyl (C=O) groups excluding carboxylic acids is 1. The van der Waals surface area contributed by atoms with Gasteiger partial charge in [-0.3, -0.25) is 9.69 Å². The Labute approximate surface area is 117 Å². The number of hydrogen-bond donors (Lipinski definition) is 1. The largest absolute Gasteiger partial charge is 0.468 e. The van der Waals surface area contributed by atoms with Gasteiger partial charge in [-0.2, -0.15) is 0 Å². The van der Waals surface area contributed by atoms with Crippen LogP contribution >= 0.6 is 0 Å². The van der Waals surface area contributed by atoms with Gasteiger partial charge >= 0.3 is 5.97 Å². The zero-order chi connectivity index (χ0) is 14.5. The number of hydrogen-bond acceptors (Lipinski definition) is 6. The molecule has 0 aliphatic rings. The topological polar surface area (TPSA) is 81.3 Å². The van der Waals surface area contributed by atoms with Gasteiger partial charge in [0.15, 0.2) is 0 Å². The molecule has 1 heterocycles. The van der Waals surface area contributed by atoms with E-state index in [1.165, 1.54) is 7.11 Å². The summed E-state index contributed by atoms with van der Waals surface area (Å²) >= 11 is 0. The molecule has 0 unspecified atom stereocenters. The Morgan fingerprint density at radius 2 is 2.10 bits per heavy atom. The number of carbonyl (C=O) groups is 1. The molecule has 0 aliphatic carbocycles. The highest BCUT2D eigenvalue weighted by Gasteiger charge is 2.12. The molecule has 0 saturated heterocycles. The van der Waals surface area contributed by atoms with Crippen LogP contribution in [0.15, 0.2) is 24.3 Å². The fourth-order valence-corrected chi connectivity index (χ4v) is 1.95. The summed E-state index contributed by atoms with van der Waals surface area (Å²) in [7, 11) is 1.38. The Hall–Kier alpha value is -2.21. The monoisotopic (exact) mass is 274 g/mol. The highest BCUT2D eigenvalue weighted by Crippen LogP contribution is 2.17. The molecule has 1 aromatic heterocycles. The van der Waals surface area contributed by atoms with Gasteiger partial charge in [-0.15, -0.1) is 0 Å². The second kappa shape index (κ2) is 6.29. The van der Waals surface area contributed by atoms with Crippen LogP contribution < -0.4 is 5.73 Å². The Morgan fingerprint density at radius 1 is 1.35 bits per heavy atom. The minimum Gasteiger partial charge on any atom is -0.468 e. The van der Waals surface area contributed by atoms with E-state index in [1.54, 1.807) is 0 Å². The average Bonchev–Trinajstić information content (AvgIpc) is 2.46. The number of methoxy groups -OCH3 is 1. The number of nitrogens with two attached hydrogens (primary N) is 1. The highest BCUT2D eigenvalue weighted by molar-refractivity contribution is 5.87. The van der Waals surface area contributed by atoms with Crippen LogP contribution in [0, 0.1) is 0 Å². The number of aromatic nitrogens is 2. The van der Waals surface area contributed by atoms with E-state index in [0.29, 0.717) is 24.7 Å². The molecule has 2 rings (SSSR count). The molecular formula is C14H18N4O2. The van der Waals surface area contributed by atoms with E-state index in [4.69, 9.17) is 5.73 Å². The van der Waals surface area contributed by atoms with Gasteiger partial charge in [0, 0.05) is 5.39 Å². The molecule has 0 radical (unpaired) electrons. The fourth-order valence-electron chi connectivity index (χ4n) is 1.95. The molecular weight excluding hydrogens is 256 g/mol. The number of anilines is 1. The molecule has 0 fully saturated rings. The van der Waals surface area contributed by atoms with Gasteiger partial charge in [-0.1, -0.05) is 19.1 Å². The molecule has 2 N–H and O–H groups in total. The van der Waals surface area contributed by atoms with Crippen molar-refractivity contribution in [2.75, 3.05) is 25.9 Å². The summed E-state index contributed by atoms with van der Waals surface area (Å²) in [6, 6.07) is 7.59. The molecule has 0 amide bonds. The van der Waals surface area contributed by atoms with Crippen LogP contribution in [0.2, 0.25) is 0 Å². The lowest BCUT2D eigenvalue weighted by atomic mass is 10.2. The Kier molecular flexibility index (Phi) is 4.47.